The van der Waals surface area contributed by atoms with Crippen LogP contribution >= 0.6 is 0 Å². The highest BCUT2D eigenvalue weighted by Crippen LogP contribution is 2.55. The van der Waals surface area contributed by atoms with Gasteiger partial charge in [-0.1, -0.05) is 18.2 Å². The predicted octanol–water partition coefficient (Wildman–Crippen LogP) is 4.51. The number of H-pyrrole nitrogens is 1. The summed E-state index contributed by atoms with van der Waals surface area (Å²) in [6.07, 6.45) is 2.53. The van der Waals surface area contributed by atoms with Crippen molar-refractivity contribution >= 4 is 33.2 Å². The van der Waals surface area contributed by atoms with E-state index >= 15 is 0 Å². The lowest BCUT2D eigenvalue weighted by Gasteiger charge is -2.34. The van der Waals surface area contributed by atoms with Crippen LogP contribution < -0.4 is 15.5 Å². The zero-order valence-electron chi connectivity index (χ0n) is 22.8. The van der Waals surface area contributed by atoms with Crippen molar-refractivity contribution in [2.75, 3.05) is 35.3 Å². The van der Waals surface area contributed by atoms with Crippen LogP contribution in [-0.4, -0.2) is 60.2 Å². The average molecular weight is 574 g/mol. The quantitative estimate of drug-likeness (QED) is 0.293. The Bertz CT molecular complexity index is 1670. The van der Waals surface area contributed by atoms with Gasteiger partial charge in [-0.3, -0.25) is 5.32 Å². The summed E-state index contributed by atoms with van der Waals surface area (Å²) in [7, 11) is -3.68. The number of nitrogens with one attached hydrogen (secondary N) is 3. The van der Waals surface area contributed by atoms with Crippen LogP contribution in [0.4, 0.5) is 22.1 Å². The van der Waals surface area contributed by atoms with E-state index in [0.29, 0.717) is 72.8 Å². The van der Waals surface area contributed by atoms with Crippen LogP contribution in [0.25, 0.3) is 11.4 Å². The number of anilines is 3. The largest absolute Gasteiger partial charge is 0.377 e. The van der Waals surface area contributed by atoms with Gasteiger partial charge in [0.15, 0.2) is 15.7 Å². The molecule has 0 bridgehead atoms. The average Bonchev–Trinajstić information content (AvgIpc) is 3.71. The highest BCUT2D eigenvalue weighted by Gasteiger charge is 2.58. The third-order valence-corrected chi connectivity index (χ3v) is 10.0. The van der Waals surface area contributed by atoms with E-state index in [-0.39, 0.29) is 10.9 Å². The molecular formula is C29H31N7O4S. The number of morpholine rings is 1. The van der Waals surface area contributed by atoms with Gasteiger partial charge in [-0.25, -0.2) is 28.2 Å². The molecule has 6 rings (SSSR count). The summed E-state index contributed by atoms with van der Waals surface area (Å²) in [5.41, 5.74) is 1.78. The van der Waals surface area contributed by atoms with Gasteiger partial charge in [-0.15, -0.1) is 0 Å². The molecule has 1 saturated carbocycles. The number of carbonyl (C=O) groups is 1. The first kappa shape index (κ1) is 26.9. The fraction of sp³-hybridized carbons (Fsp3) is 0.310. The Balaban J connectivity index is 1.33. The summed E-state index contributed by atoms with van der Waals surface area (Å²) in [4.78, 5) is 31.6. The number of imidazole rings is 1. The number of amides is 2. The highest BCUT2D eigenvalue weighted by atomic mass is 32.2. The minimum absolute atomic E-state index is 0.0731. The van der Waals surface area contributed by atoms with E-state index < -0.39 is 20.6 Å². The van der Waals surface area contributed by atoms with Crippen LogP contribution in [0.2, 0.25) is 0 Å². The van der Waals surface area contributed by atoms with Crippen molar-refractivity contribution in [1.82, 2.24) is 19.9 Å². The maximum atomic E-state index is 13.8. The Labute approximate surface area is 238 Å². The van der Waals surface area contributed by atoms with Crippen LogP contribution in [0.3, 0.4) is 0 Å². The SMILES string of the molecule is Cc1ncc(NC(=O)Nc2ccc(-c3nc(N4CCOC[C@@H]4C)cc(C4(S(=O)(=O)c5ccccc5)CC4)n3)cc2)[nH]1. The molecule has 2 aliphatic rings. The maximum absolute atomic E-state index is 13.8. The molecule has 2 fully saturated rings. The second-order valence-electron chi connectivity index (χ2n) is 10.4. The number of hydrogen-bond donors (Lipinski definition) is 3. The molecule has 1 aliphatic heterocycles. The van der Waals surface area contributed by atoms with E-state index in [1.165, 1.54) is 0 Å². The van der Waals surface area contributed by atoms with Crippen molar-refractivity contribution in [2.24, 2.45) is 0 Å². The molecule has 2 aromatic carbocycles. The number of nitrogens with zero attached hydrogens (tertiary/aromatic N) is 4. The summed E-state index contributed by atoms with van der Waals surface area (Å²) in [5.74, 6) is 2.29. The van der Waals surface area contributed by atoms with Crippen LogP contribution in [0, 0.1) is 6.92 Å². The van der Waals surface area contributed by atoms with Gasteiger partial charge in [0.05, 0.1) is 36.0 Å². The number of benzene rings is 2. The number of hydrogen-bond acceptors (Lipinski definition) is 8. The predicted molar refractivity (Wildman–Crippen MR) is 156 cm³/mol. The van der Waals surface area contributed by atoms with E-state index in [4.69, 9.17) is 14.7 Å². The molecule has 4 aromatic rings. The summed E-state index contributed by atoms with van der Waals surface area (Å²) in [6.45, 7) is 5.62. The third kappa shape index (κ3) is 5.27. The molecule has 12 heteroatoms. The molecule has 0 spiro atoms. The van der Waals surface area contributed by atoms with Crippen LogP contribution in [0.15, 0.2) is 71.8 Å². The summed E-state index contributed by atoms with van der Waals surface area (Å²) >= 11 is 0. The maximum Gasteiger partial charge on any atom is 0.324 e. The van der Waals surface area contributed by atoms with Crippen molar-refractivity contribution in [3.05, 3.63) is 78.4 Å². The molecule has 3 heterocycles. The van der Waals surface area contributed by atoms with Gasteiger partial charge in [0.1, 0.15) is 22.2 Å². The van der Waals surface area contributed by atoms with E-state index in [0.717, 1.165) is 0 Å². The van der Waals surface area contributed by atoms with Gasteiger partial charge in [0, 0.05) is 23.9 Å². The van der Waals surface area contributed by atoms with E-state index in [2.05, 4.69) is 32.4 Å². The molecule has 3 N–H and O–H groups in total. The summed E-state index contributed by atoms with van der Waals surface area (Å²) < 4.78 is 32.2. The smallest absolute Gasteiger partial charge is 0.324 e. The molecule has 11 nitrogen and oxygen atoms in total. The Morgan fingerprint density at radius 1 is 1.07 bits per heavy atom. The van der Waals surface area contributed by atoms with Crippen LogP contribution in [-0.2, 0) is 19.3 Å². The molecule has 0 radical (unpaired) electrons. The van der Waals surface area contributed by atoms with E-state index in [1.54, 1.807) is 55.6 Å². The zero-order valence-corrected chi connectivity index (χ0v) is 23.6. The standard InChI is InChI=1S/C29H31N7O4S/c1-19-18-40-15-14-36(19)26-16-24(29(12-13-29)41(38,39)23-6-4-3-5-7-23)33-27(35-26)21-8-10-22(11-9-21)32-28(37)34-25-17-30-20(2)31-25/h3-11,16-17,19H,12-15,18H2,1-2H3,(H,30,31)(H2,32,34,37)/t19-/m0/s1. The van der Waals surface area contributed by atoms with Crippen molar-refractivity contribution in [2.45, 2.75) is 42.4 Å². The molecule has 1 aliphatic carbocycles. The number of aromatic nitrogens is 4. The van der Waals surface area contributed by atoms with Crippen LogP contribution in [0.5, 0.6) is 0 Å². The lowest BCUT2D eigenvalue weighted by Crippen LogP contribution is -2.44. The Morgan fingerprint density at radius 3 is 2.49 bits per heavy atom. The summed E-state index contributed by atoms with van der Waals surface area (Å²) in [6, 6.07) is 17.2. The van der Waals surface area contributed by atoms with Gasteiger partial charge >= 0.3 is 6.03 Å². The van der Waals surface area contributed by atoms with Crippen molar-refractivity contribution in [1.29, 1.82) is 0 Å². The second kappa shape index (κ2) is 10.6. The zero-order chi connectivity index (χ0) is 28.6. The Hall–Kier alpha value is -4.29. The van der Waals surface area contributed by atoms with Gasteiger partial charge in [-0.05, 0) is 63.1 Å². The fourth-order valence-electron chi connectivity index (χ4n) is 5.08. The number of rotatable bonds is 7. The van der Waals surface area contributed by atoms with E-state index in [1.807, 2.05) is 18.2 Å². The van der Waals surface area contributed by atoms with Gasteiger partial charge in [-0.2, -0.15) is 0 Å². The lowest BCUT2D eigenvalue weighted by molar-refractivity contribution is 0.0985. The first-order chi connectivity index (χ1) is 19.7. The van der Waals surface area contributed by atoms with Gasteiger partial charge < -0.3 is 19.9 Å². The molecule has 1 atom stereocenters. The topological polar surface area (TPSA) is 142 Å². The van der Waals surface area contributed by atoms with Crippen molar-refractivity contribution < 1.29 is 17.9 Å². The first-order valence-corrected chi connectivity index (χ1v) is 15.0. The number of aromatic amines is 1. The van der Waals surface area contributed by atoms with Gasteiger partial charge in [0.2, 0.25) is 0 Å². The third-order valence-electron chi connectivity index (χ3n) is 7.47. The number of carbonyl (C=O) groups excluding carboxylic acids is 1. The van der Waals surface area contributed by atoms with Crippen LogP contribution in [0.1, 0.15) is 31.3 Å². The molecule has 1 saturated heterocycles. The molecule has 2 amide bonds. The van der Waals surface area contributed by atoms with E-state index in [9.17, 15) is 13.2 Å². The Morgan fingerprint density at radius 2 is 1.83 bits per heavy atom. The normalized spacial score (nSPS) is 18.1. The minimum Gasteiger partial charge on any atom is -0.377 e. The fourth-order valence-corrected chi connectivity index (χ4v) is 7.07. The van der Waals surface area contributed by atoms with Crippen molar-refractivity contribution in [3.63, 3.8) is 0 Å². The summed E-state index contributed by atoms with van der Waals surface area (Å²) in [5, 5.41) is 5.49. The molecular weight excluding hydrogens is 542 g/mol. The number of aryl methyl sites for hydroxylation is 1. The monoisotopic (exact) mass is 573 g/mol. The number of sulfone groups is 1. The highest BCUT2D eigenvalue weighted by molar-refractivity contribution is 7.92. The Kier molecular flexibility index (Phi) is 6.96. The second-order valence-corrected chi connectivity index (χ2v) is 12.7. The van der Waals surface area contributed by atoms with Crippen molar-refractivity contribution in [3.8, 4) is 11.4 Å². The molecule has 2 aromatic heterocycles. The lowest BCUT2D eigenvalue weighted by atomic mass is 10.1. The molecule has 41 heavy (non-hydrogen) atoms. The van der Waals surface area contributed by atoms with Gasteiger partial charge in [0.25, 0.3) is 0 Å². The number of ether oxygens (including phenoxy) is 1. The minimum atomic E-state index is -3.68. The number of urea groups is 1. The molecule has 0 unspecified atom stereocenters. The molecule has 212 valence electrons. The first-order valence-electron chi connectivity index (χ1n) is 13.5.